The van der Waals surface area contributed by atoms with Crippen molar-refractivity contribution in [2.24, 2.45) is 0 Å². The van der Waals surface area contributed by atoms with Gasteiger partial charge in [-0.05, 0) is 84.1 Å². The number of aromatic nitrogens is 2. The number of aromatic carboxylic acids is 2. The Balaban J connectivity index is 0.00000384. The van der Waals surface area contributed by atoms with E-state index >= 15 is 4.39 Å². The van der Waals surface area contributed by atoms with Crippen LogP contribution in [0.4, 0.5) is 4.39 Å². The van der Waals surface area contributed by atoms with Crippen molar-refractivity contribution < 1.29 is 28.9 Å². The summed E-state index contributed by atoms with van der Waals surface area (Å²) in [5.74, 6) is -1.90. The summed E-state index contributed by atoms with van der Waals surface area (Å²) in [6.45, 7) is 0.0103. The molecule has 1 heterocycles. The van der Waals surface area contributed by atoms with Crippen molar-refractivity contribution in [2.45, 2.75) is 44.8 Å². The number of hydrogen-bond acceptors (Lipinski definition) is 4. The fourth-order valence-corrected chi connectivity index (χ4v) is 5.94. The molecule has 1 aliphatic carbocycles. The Morgan fingerprint density at radius 1 is 0.864 bits per heavy atom. The van der Waals surface area contributed by atoms with E-state index in [4.69, 9.17) is 21.3 Å². The van der Waals surface area contributed by atoms with E-state index in [0.717, 1.165) is 48.7 Å². The number of hydrogen-bond donors (Lipinski definition) is 2. The molecule has 1 fully saturated rings. The molecule has 0 amide bonds. The average molecular weight is 636 g/mol. The summed E-state index contributed by atoms with van der Waals surface area (Å²) < 4.78 is 23.8. The summed E-state index contributed by atoms with van der Waals surface area (Å²) in [7, 11) is 0. The molecule has 4 aromatic carbocycles. The number of fused-ring (bicyclic) bond motifs is 1. The number of carboxylic acid groups (broad SMARTS) is 2. The van der Waals surface area contributed by atoms with Crippen molar-refractivity contribution >= 4 is 47.0 Å². The highest BCUT2D eigenvalue weighted by molar-refractivity contribution is 6.30. The first-order chi connectivity index (χ1) is 20.8. The number of ether oxygens (including phenoxy) is 1. The lowest BCUT2D eigenvalue weighted by Crippen LogP contribution is -2.14. The van der Waals surface area contributed by atoms with Crippen LogP contribution in [-0.2, 0) is 6.61 Å². The minimum absolute atomic E-state index is 0. The predicted molar refractivity (Wildman–Crippen MR) is 170 cm³/mol. The molecule has 44 heavy (non-hydrogen) atoms. The van der Waals surface area contributed by atoms with Gasteiger partial charge in [-0.1, -0.05) is 49.1 Å². The molecular weight excluding hydrogens is 606 g/mol. The standard InChI is InChI=1S/C34H28ClFN2O5.ClH/c35-24-10-6-20(7-11-24)27-13-8-21(33(39)40)16-23(27)19-43-26-12-14-28(29(36)18-26)32-37-30-17-22(34(41)42)9-15-31(30)38(32)25-4-2-1-3-5-25;/h6-18,25H,1-5,19H2,(H,39,40)(H,41,42);1H. The average Bonchev–Trinajstić information content (AvgIpc) is 3.39. The third-order valence-corrected chi connectivity index (χ3v) is 8.21. The van der Waals surface area contributed by atoms with E-state index in [1.165, 1.54) is 18.2 Å². The van der Waals surface area contributed by atoms with Crippen LogP contribution in [0, 0.1) is 5.82 Å². The molecule has 0 saturated heterocycles. The Morgan fingerprint density at radius 2 is 1.52 bits per heavy atom. The normalized spacial score (nSPS) is 13.4. The van der Waals surface area contributed by atoms with E-state index < -0.39 is 17.8 Å². The Hall–Kier alpha value is -4.40. The second kappa shape index (κ2) is 13.1. The van der Waals surface area contributed by atoms with Gasteiger partial charge in [-0.2, -0.15) is 0 Å². The molecule has 226 valence electrons. The van der Waals surface area contributed by atoms with Crippen molar-refractivity contribution in [3.63, 3.8) is 0 Å². The van der Waals surface area contributed by atoms with Gasteiger partial charge in [-0.3, -0.25) is 0 Å². The summed E-state index contributed by atoms with van der Waals surface area (Å²) in [4.78, 5) is 28.0. The Morgan fingerprint density at radius 3 is 2.20 bits per heavy atom. The molecule has 6 rings (SSSR count). The molecule has 0 spiro atoms. The van der Waals surface area contributed by atoms with Crippen molar-refractivity contribution in [1.29, 1.82) is 0 Å². The second-order valence-electron chi connectivity index (χ2n) is 10.7. The minimum atomic E-state index is -1.06. The zero-order valence-electron chi connectivity index (χ0n) is 23.5. The first-order valence-corrected chi connectivity index (χ1v) is 14.5. The molecule has 0 aliphatic heterocycles. The number of benzene rings is 4. The molecule has 1 aromatic heterocycles. The highest BCUT2D eigenvalue weighted by Gasteiger charge is 2.24. The van der Waals surface area contributed by atoms with Crippen molar-refractivity contribution in [2.75, 3.05) is 0 Å². The summed E-state index contributed by atoms with van der Waals surface area (Å²) in [5.41, 5.74) is 4.07. The van der Waals surface area contributed by atoms with Crippen LogP contribution in [0.3, 0.4) is 0 Å². The zero-order valence-corrected chi connectivity index (χ0v) is 25.1. The fraction of sp³-hybridized carbons (Fsp3) is 0.206. The fourth-order valence-electron chi connectivity index (χ4n) is 5.82. The molecule has 0 radical (unpaired) electrons. The van der Waals surface area contributed by atoms with Crippen LogP contribution in [0.25, 0.3) is 33.5 Å². The Kier molecular flexibility index (Phi) is 9.22. The van der Waals surface area contributed by atoms with E-state index in [1.807, 2.05) is 12.1 Å². The van der Waals surface area contributed by atoms with E-state index in [9.17, 15) is 19.8 Å². The number of rotatable bonds is 8. The van der Waals surface area contributed by atoms with E-state index in [2.05, 4.69) is 4.57 Å². The van der Waals surface area contributed by atoms with E-state index in [1.54, 1.807) is 48.5 Å². The molecular formula is C34H29Cl2FN2O5. The minimum Gasteiger partial charge on any atom is -0.489 e. The van der Waals surface area contributed by atoms with Crippen LogP contribution in [-0.4, -0.2) is 31.7 Å². The first-order valence-electron chi connectivity index (χ1n) is 14.1. The quantitative estimate of drug-likeness (QED) is 0.176. The maximum atomic E-state index is 15.8. The van der Waals surface area contributed by atoms with Gasteiger partial charge in [-0.25, -0.2) is 19.0 Å². The van der Waals surface area contributed by atoms with Crippen LogP contribution in [0.2, 0.25) is 5.02 Å². The van der Waals surface area contributed by atoms with Gasteiger partial charge in [0.1, 0.15) is 24.0 Å². The highest BCUT2D eigenvalue weighted by Crippen LogP contribution is 2.38. The topological polar surface area (TPSA) is 102 Å². The number of nitrogens with zero attached hydrogens (tertiary/aromatic N) is 2. The summed E-state index contributed by atoms with van der Waals surface area (Å²) >= 11 is 6.05. The molecule has 10 heteroatoms. The largest absolute Gasteiger partial charge is 0.489 e. The third-order valence-electron chi connectivity index (χ3n) is 7.96. The van der Waals surface area contributed by atoms with Gasteiger partial charge in [0.25, 0.3) is 0 Å². The lowest BCUT2D eigenvalue weighted by Gasteiger charge is -2.25. The number of carbonyl (C=O) groups is 2. The van der Waals surface area contributed by atoms with Gasteiger partial charge in [0, 0.05) is 17.1 Å². The van der Waals surface area contributed by atoms with E-state index in [-0.39, 0.29) is 41.9 Å². The van der Waals surface area contributed by atoms with Crippen LogP contribution >= 0.6 is 24.0 Å². The van der Waals surface area contributed by atoms with Crippen LogP contribution in [0.5, 0.6) is 5.75 Å². The molecule has 7 nitrogen and oxygen atoms in total. The van der Waals surface area contributed by atoms with Crippen molar-refractivity contribution in [3.05, 3.63) is 106 Å². The van der Waals surface area contributed by atoms with Crippen molar-refractivity contribution in [3.8, 4) is 28.3 Å². The van der Waals surface area contributed by atoms with Crippen LogP contribution < -0.4 is 4.74 Å². The second-order valence-corrected chi connectivity index (χ2v) is 11.2. The Bertz CT molecular complexity index is 1850. The predicted octanol–water partition coefficient (Wildman–Crippen LogP) is 9.07. The molecule has 0 bridgehead atoms. The molecule has 1 saturated carbocycles. The lowest BCUT2D eigenvalue weighted by atomic mass is 9.94. The first kappa shape index (κ1) is 31.0. The summed E-state index contributed by atoms with van der Waals surface area (Å²) in [5, 5.41) is 19.6. The highest BCUT2D eigenvalue weighted by atomic mass is 35.5. The zero-order chi connectivity index (χ0) is 30.1. The van der Waals surface area contributed by atoms with Gasteiger partial charge < -0.3 is 19.5 Å². The molecule has 0 atom stereocenters. The SMILES string of the molecule is Cl.O=C(O)c1ccc(-c2ccc(Cl)cc2)c(COc2ccc(-c3nc4cc(C(=O)O)ccc4n3C3CCCCC3)c(F)c2)c1. The van der Waals surface area contributed by atoms with E-state index in [0.29, 0.717) is 27.5 Å². The summed E-state index contributed by atoms with van der Waals surface area (Å²) in [6.07, 6.45) is 5.15. The van der Waals surface area contributed by atoms with Gasteiger partial charge in [-0.15, -0.1) is 12.4 Å². The maximum absolute atomic E-state index is 15.8. The molecule has 1 aliphatic rings. The maximum Gasteiger partial charge on any atom is 0.335 e. The number of imidazole rings is 1. The lowest BCUT2D eigenvalue weighted by molar-refractivity contribution is 0.0686. The molecule has 2 N–H and O–H groups in total. The van der Waals surface area contributed by atoms with Crippen LogP contribution in [0.15, 0.2) is 78.9 Å². The number of halogens is 3. The monoisotopic (exact) mass is 634 g/mol. The van der Waals surface area contributed by atoms with Gasteiger partial charge >= 0.3 is 11.9 Å². The third kappa shape index (κ3) is 6.27. The van der Waals surface area contributed by atoms with Crippen molar-refractivity contribution in [1.82, 2.24) is 9.55 Å². The Labute approximate surface area is 264 Å². The van der Waals surface area contributed by atoms with Gasteiger partial charge in [0.15, 0.2) is 0 Å². The van der Waals surface area contributed by atoms with Gasteiger partial charge in [0.2, 0.25) is 0 Å². The number of carboxylic acids is 2. The van der Waals surface area contributed by atoms with Gasteiger partial charge in [0.05, 0.1) is 27.7 Å². The molecule has 0 unspecified atom stereocenters. The summed E-state index contributed by atoms with van der Waals surface area (Å²) in [6, 6.07) is 21.5. The molecule has 5 aromatic rings. The smallest absolute Gasteiger partial charge is 0.335 e. The van der Waals surface area contributed by atoms with Crippen LogP contribution in [0.1, 0.15) is 64.4 Å².